The van der Waals surface area contributed by atoms with Crippen molar-refractivity contribution < 1.29 is 22.7 Å². The number of sulfonamides is 1. The molecule has 0 saturated carbocycles. The maximum Gasteiger partial charge on any atom is 0.306 e. The zero-order chi connectivity index (χ0) is 15.9. The Morgan fingerprint density at radius 1 is 1.33 bits per heavy atom. The van der Waals surface area contributed by atoms with Gasteiger partial charge in [-0.3, -0.25) is 9.59 Å². The minimum atomic E-state index is -4.01. The first-order chi connectivity index (χ1) is 9.93. The van der Waals surface area contributed by atoms with Gasteiger partial charge in [-0.15, -0.1) is 0 Å². The van der Waals surface area contributed by atoms with Crippen LogP contribution in [0.2, 0.25) is 0 Å². The molecule has 118 valence electrons. The molecule has 0 amide bonds. The monoisotopic (exact) mass is 318 g/mol. The molecule has 0 aromatic carbocycles. The minimum Gasteiger partial charge on any atom is -0.469 e. The normalized spacial score (nSPS) is 11.6. The van der Waals surface area contributed by atoms with Crippen molar-refractivity contribution in [1.29, 1.82) is 0 Å². The predicted octanol–water partition coefficient (Wildman–Crippen LogP) is -0.425. The number of carbonyl (C=O) groups excluding carboxylic acids is 1. The van der Waals surface area contributed by atoms with E-state index in [4.69, 9.17) is 4.74 Å². The summed E-state index contributed by atoms with van der Waals surface area (Å²) < 4.78 is 35.3. The lowest BCUT2D eigenvalue weighted by Gasteiger charge is -2.20. The van der Waals surface area contributed by atoms with Crippen LogP contribution in [0.15, 0.2) is 28.2 Å². The Balaban J connectivity index is 3.03. The number of pyridine rings is 1. The molecule has 0 bridgehead atoms. The number of nitrogens with one attached hydrogen (secondary N) is 1. The molecule has 0 atom stereocenters. The van der Waals surface area contributed by atoms with E-state index in [-0.39, 0.29) is 31.0 Å². The molecule has 9 heteroatoms. The van der Waals surface area contributed by atoms with Crippen LogP contribution in [0.5, 0.6) is 0 Å². The smallest absolute Gasteiger partial charge is 0.306 e. The number of rotatable bonds is 8. The summed E-state index contributed by atoms with van der Waals surface area (Å²) in [5.74, 6) is -0.533. The van der Waals surface area contributed by atoms with Crippen molar-refractivity contribution in [2.75, 3.05) is 33.9 Å². The van der Waals surface area contributed by atoms with E-state index < -0.39 is 21.4 Å². The van der Waals surface area contributed by atoms with Crippen molar-refractivity contribution in [2.24, 2.45) is 0 Å². The number of methoxy groups -OCH3 is 2. The van der Waals surface area contributed by atoms with E-state index >= 15 is 0 Å². The molecule has 1 aromatic rings. The number of ether oxygens (including phenoxy) is 2. The Morgan fingerprint density at radius 3 is 2.62 bits per heavy atom. The van der Waals surface area contributed by atoms with Gasteiger partial charge in [0.2, 0.25) is 15.5 Å². The highest BCUT2D eigenvalue weighted by Crippen LogP contribution is 2.11. The van der Waals surface area contributed by atoms with Gasteiger partial charge in [0.15, 0.2) is 0 Å². The van der Waals surface area contributed by atoms with Gasteiger partial charge in [0.1, 0.15) is 4.90 Å². The number of nitrogens with zero attached hydrogens (tertiary/aromatic N) is 1. The van der Waals surface area contributed by atoms with E-state index in [0.717, 1.165) is 16.6 Å². The van der Waals surface area contributed by atoms with Crippen molar-refractivity contribution in [3.05, 3.63) is 28.7 Å². The predicted molar refractivity (Wildman–Crippen MR) is 74.3 cm³/mol. The fourth-order valence-corrected chi connectivity index (χ4v) is 3.07. The van der Waals surface area contributed by atoms with Gasteiger partial charge in [-0.2, -0.15) is 4.31 Å². The van der Waals surface area contributed by atoms with Crippen LogP contribution in [0.1, 0.15) is 6.42 Å². The zero-order valence-corrected chi connectivity index (χ0v) is 12.7. The van der Waals surface area contributed by atoms with Gasteiger partial charge in [0.25, 0.3) is 0 Å². The van der Waals surface area contributed by atoms with Crippen molar-refractivity contribution in [3.63, 3.8) is 0 Å². The highest BCUT2D eigenvalue weighted by atomic mass is 32.2. The first-order valence-corrected chi connectivity index (χ1v) is 7.60. The summed E-state index contributed by atoms with van der Waals surface area (Å²) in [7, 11) is -1.35. The van der Waals surface area contributed by atoms with Crippen molar-refractivity contribution in [3.8, 4) is 0 Å². The summed E-state index contributed by atoms with van der Waals surface area (Å²) in [6.45, 7) is 0.0853. The molecule has 0 radical (unpaired) electrons. The third kappa shape index (κ3) is 4.66. The third-order valence-corrected chi connectivity index (χ3v) is 4.66. The van der Waals surface area contributed by atoms with Gasteiger partial charge in [-0.1, -0.05) is 0 Å². The lowest BCUT2D eigenvalue weighted by Crippen LogP contribution is -2.37. The fraction of sp³-hybridized carbons (Fsp3) is 0.500. The molecule has 8 nitrogen and oxygen atoms in total. The number of esters is 1. The van der Waals surface area contributed by atoms with Crippen LogP contribution in [-0.2, 0) is 24.3 Å². The van der Waals surface area contributed by atoms with E-state index in [0.29, 0.717) is 0 Å². The second-order valence-corrected chi connectivity index (χ2v) is 6.00. The SMILES string of the molecule is COCCN(CCC(=O)OC)S(=O)(=O)c1c[nH]ccc1=O. The van der Waals surface area contributed by atoms with E-state index in [1.165, 1.54) is 20.4 Å². The molecular weight excluding hydrogens is 300 g/mol. The second-order valence-electron chi connectivity index (χ2n) is 4.10. The molecule has 0 unspecified atom stereocenters. The van der Waals surface area contributed by atoms with Crippen LogP contribution in [0.3, 0.4) is 0 Å². The number of hydrogen-bond acceptors (Lipinski definition) is 6. The van der Waals surface area contributed by atoms with Gasteiger partial charge >= 0.3 is 5.97 Å². The lowest BCUT2D eigenvalue weighted by molar-refractivity contribution is -0.140. The minimum absolute atomic E-state index is 0.0319. The van der Waals surface area contributed by atoms with Gasteiger partial charge in [0.05, 0.1) is 20.1 Å². The molecule has 1 aromatic heterocycles. The van der Waals surface area contributed by atoms with Gasteiger partial charge < -0.3 is 14.5 Å². The average Bonchev–Trinajstić information content (AvgIpc) is 2.46. The quantitative estimate of drug-likeness (QED) is 0.652. The summed E-state index contributed by atoms with van der Waals surface area (Å²) in [4.78, 5) is 25.1. The number of aromatic nitrogens is 1. The number of H-pyrrole nitrogens is 1. The topological polar surface area (TPSA) is 106 Å². The standard InChI is InChI=1S/C12H18N2O6S/c1-19-8-7-14(6-4-12(16)20-2)21(17,18)11-9-13-5-3-10(11)15/h3,5,9H,4,6-8H2,1-2H3,(H,13,15). The summed E-state index contributed by atoms with van der Waals surface area (Å²) >= 11 is 0. The second kappa shape index (κ2) is 7.91. The summed E-state index contributed by atoms with van der Waals surface area (Å²) in [5, 5.41) is 0. The number of carbonyl (C=O) groups is 1. The molecule has 21 heavy (non-hydrogen) atoms. The number of aromatic amines is 1. The van der Waals surface area contributed by atoms with Crippen LogP contribution in [-0.4, -0.2) is 57.6 Å². The summed E-state index contributed by atoms with van der Waals surface area (Å²) in [6.07, 6.45) is 2.36. The molecule has 0 saturated heterocycles. The molecule has 0 aliphatic heterocycles. The van der Waals surface area contributed by atoms with E-state index in [9.17, 15) is 18.0 Å². The first-order valence-electron chi connectivity index (χ1n) is 6.16. The Labute approximate surface area is 122 Å². The summed E-state index contributed by atoms with van der Waals surface area (Å²) in [6, 6.07) is 1.13. The highest BCUT2D eigenvalue weighted by Gasteiger charge is 2.27. The summed E-state index contributed by atoms with van der Waals surface area (Å²) in [5.41, 5.74) is -0.616. The van der Waals surface area contributed by atoms with Crippen LogP contribution >= 0.6 is 0 Å². The molecule has 1 rings (SSSR count). The van der Waals surface area contributed by atoms with E-state index in [1.54, 1.807) is 0 Å². The van der Waals surface area contributed by atoms with Crippen LogP contribution < -0.4 is 5.43 Å². The molecule has 0 spiro atoms. The largest absolute Gasteiger partial charge is 0.469 e. The highest BCUT2D eigenvalue weighted by molar-refractivity contribution is 7.89. The Kier molecular flexibility index (Phi) is 6.53. The Hall–Kier alpha value is -1.71. The molecule has 0 aliphatic carbocycles. The molecule has 0 aliphatic rings. The third-order valence-electron chi connectivity index (χ3n) is 2.74. The van der Waals surface area contributed by atoms with E-state index in [1.807, 2.05) is 0 Å². The van der Waals surface area contributed by atoms with E-state index in [2.05, 4.69) is 9.72 Å². The zero-order valence-electron chi connectivity index (χ0n) is 11.9. The molecule has 1 heterocycles. The Bertz CT molecular complexity index is 625. The van der Waals surface area contributed by atoms with Gasteiger partial charge in [-0.05, 0) is 0 Å². The van der Waals surface area contributed by atoms with Crippen molar-refractivity contribution in [2.45, 2.75) is 11.3 Å². The van der Waals surface area contributed by atoms with Crippen LogP contribution in [0, 0.1) is 0 Å². The van der Waals surface area contributed by atoms with Gasteiger partial charge in [-0.25, -0.2) is 8.42 Å². The lowest BCUT2D eigenvalue weighted by atomic mass is 10.4. The Morgan fingerprint density at radius 2 is 2.05 bits per heavy atom. The van der Waals surface area contributed by atoms with Gasteiger partial charge in [0, 0.05) is 38.7 Å². The molecule has 1 N–H and O–H groups in total. The average molecular weight is 318 g/mol. The van der Waals surface area contributed by atoms with Crippen LogP contribution in [0.25, 0.3) is 0 Å². The maximum absolute atomic E-state index is 12.5. The number of hydrogen-bond donors (Lipinski definition) is 1. The molecular formula is C12H18N2O6S. The maximum atomic E-state index is 12.5. The van der Waals surface area contributed by atoms with Crippen molar-refractivity contribution in [1.82, 2.24) is 9.29 Å². The fourth-order valence-electron chi connectivity index (χ4n) is 1.60. The molecule has 0 fully saturated rings. The first kappa shape index (κ1) is 17.3. The van der Waals surface area contributed by atoms with Crippen LogP contribution in [0.4, 0.5) is 0 Å². The van der Waals surface area contributed by atoms with Crippen molar-refractivity contribution >= 4 is 16.0 Å².